The van der Waals surface area contributed by atoms with E-state index in [1.54, 1.807) is 35.1 Å². The number of rotatable bonds is 7. The van der Waals surface area contributed by atoms with Crippen molar-refractivity contribution in [1.29, 1.82) is 0 Å². The second-order valence-electron chi connectivity index (χ2n) is 7.19. The first kappa shape index (κ1) is 20.9. The van der Waals surface area contributed by atoms with Crippen molar-refractivity contribution in [2.45, 2.75) is 6.92 Å². The van der Waals surface area contributed by atoms with Crippen LogP contribution in [0.5, 0.6) is 11.5 Å². The molecule has 4 rings (SSSR count). The molecule has 0 saturated heterocycles. The zero-order chi connectivity index (χ0) is 22.0. The van der Waals surface area contributed by atoms with Crippen LogP contribution in [0.15, 0.2) is 47.8 Å². The van der Waals surface area contributed by atoms with Crippen LogP contribution in [-0.2, 0) is 7.05 Å². The first-order valence-electron chi connectivity index (χ1n) is 9.88. The maximum absolute atomic E-state index is 13.4. The van der Waals surface area contributed by atoms with E-state index in [0.717, 1.165) is 33.2 Å². The van der Waals surface area contributed by atoms with Crippen LogP contribution in [0.25, 0.3) is 21.6 Å². The maximum Gasteiger partial charge on any atom is 0.254 e. The van der Waals surface area contributed by atoms with E-state index in [4.69, 9.17) is 14.5 Å². The molecule has 0 saturated carbocycles. The summed E-state index contributed by atoms with van der Waals surface area (Å²) in [4.78, 5) is 20.8. The number of hydrogen-bond acceptors (Lipinski definition) is 6. The minimum Gasteiger partial charge on any atom is -0.497 e. The van der Waals surface area contributed by atoms with Gasteiger partial charge in [-0.1, -0.05) is 6.07 Å². The molecule has 0 radical (unpaired) electrons. The van der Waals surface area contributed by atoms with Crippen molar-refractivity contribution < 1.29 is 14.3 Å². The molecule has 3 aromatic heterocycles. The summed E-state index contributed by atoms with van der Waals surface area (Å²) in [6, 6.07) is 13.2. The second-order valence-corrected chi connectivity index (χ2v) is 8.14. The smallest absolute Gasteiger partial charge is 0.254 e. The third-order valence-electron chi connectivity index (χ3n) is 5.07. The number of methoxy groups -OCH3 is 1. The molecule has 4 aromatic rings. The molecule has 0 N–H and O–H groups in total. The number of likely N-dealkylation sites (N-methyl/N-ethyl adjacent to an activating group) is 1. The summed E-state index contributed by atoms with van der Waals surface area (Å²) in [6.07, 6.45) is 0. The summed E-state index contributed by atoms with van der Waals surface area (Å²) < 4.78 is 12.7. The van der Waals surface area contributed by atoms with E-state index < -0.39 is 0 Å². The van der Waals surface area contributed by atoms with E-state index in [0.29, 0.717) is 24.4 Å². The molecule has 1 aromatic carbocycles. The number of fused-ring (bicyclic) bond motifs is 1. The number of amides is 1. The highest BCUT2D eigenvalue weighted by molar-refractivity contribution is 7.13. The Balaban J connectivity index is 1.55. The van der Waals surface area contributed by atoms with E-state index in [9.17, 15) is 4.79 Å². The van der Waals surface area contributed by atoms with E-state index in [1.807, 2.05) is 61.8 Å². The van der Waals surface area contributed by atoms with Crippen LogP contribution in [0.2, 0.25) is 0 Å². The van der Waals surface area contributed by atoms with Crippen LogP contribution < -0.4 is 9.47 Å². The fourth-order valence-electron chi connectivity index (χ4n) is 3.44. The van der Waals surface area contributed by atoms with Gasteiger partial charge in [-0.05, 0) is 48.7 Å². The van der Waals surface area contributed by atoms with Crippen LogP contribution in [-0.4, -0.2) is 52.9 Å². The van der Waals surface area contributed by atoms with Gasteiger partial charge in [-0.25, -0.2) is 4.98 Å². The Morgan fingerprint density at radius 2 is 1.94 bits per heavy atom. The number of carbonyl (C=O) groups is 1. The second kappa shape index (κ2) is 8.77. The van der Waals surface area contributed by atoms with Gasteiger partial charge >= 0.3 is 0 Å². The van der Waals surface area contributed by atoms with E-state index in [1.165, 1.54) is 0 Å². The monoisotopic (exact) mass is 436 g/mol. The van der Waals surface area contributed by atoms with Gasteiger partial charge in [-0.15, -0.1) is 11.3 Å². The van der Waals surface area contributed by atoms with Crippen LogP contribution in [0, 0.1) is 6.92 Å². The number of pyridine rings is 1. The molecule has 0 aliphatic heterocycles. The van der Waals surface area contributed by atoms with Crippen LogP contribution in [0.3, 0.4) is 0 Å². The lowest BCUT2D eigenvalue weighted by molar-refractivity contribution is 0.0775. The molecule has 8 heteroatoms. The third-order valence-corrected chi connectivity index (χ3v) is 5.97. The first-order valence-corrected chi connectivity index (χ1v) is 10.8. The van der Waals surface area contributed by atoms with Gasteiger partial charge in [0.05, 0.1) is 40.9 Å². The first-order chi connectivity index (χ1) is 15.0. The Morgan fingerprint density at radius 3 is 2.61 bits per heavy atom. The molecular weight excluding hydrogens is 412 g/mol. The summed E-state index contributed by atoms with van der Waals surface area (Å²) in [5.74, 6) is 1.42. The van der Waals surface area contributed by atoms with Crippen molar-refractivity contribution in [3.8, 4) is 22.1 Å². The number of thiophene rings is 1. The number of hydrogen-bond donors (Lipinski definition) is 0. The van der Waals surface area contributed by atoms with E-state index in [-0.39, 0.29) is 5.91 Å². The summed E-state index contributed by atoms with van der Waals surface area (Å²) in [6.45, 7) is 2.73. The van der Waals surface area contributed by atoms with Gasteiger partial charge in [0, 0.05) is 14.1 Å². The van der Waals surface area contributed by atoms with E-state index >= 15 is 0 Å². The number of aromatic nitrogens is 3. The van der Waals surface area contributed by atoms with Crippen molar-refractivity contribution in [2.75, 3.05) is 27.3 Å². The normalized spacial score (nSPS) is 11.0. The molecule has 0 aliphatic rings. The minimum atomic E-state index is -0.0837. The predicted molar refractivity (Wildman–Crippen MR) is 122 cm³/mol. The fraction of sp³-hybridized carbons (Fsp3) is 0.261. The van der Waals surface area contributed by atoms with Gasteiger partial charge in [0.1, 0.15) is 18.1 Å². The molecule has 0 fully saturated rings. The zero-order valence-electron chi connectivity index (χ0n) is 18.0. The zero-order valence-corrected chi connectivity index (χ0v) is 18.8. The van der Waals surface area contributed by atoms with Gasteiger partial charge in [-0.3, -0.25) is 9.48 Å². The molecule has 1 amide bonds. The lowest BCUT2D eigenvalue weighted by Gasteiger charge is -2.18. The molecule has 0 aliphatic carbocycles. The standard InChI is InChI=1S/C23H24N4O3S/c1-15-21-18(14-19(20-6-5-13-31-20)24-22(21)27(3)25-15)23(28)26(2)11-12-30-17-9-7-16(29-4)8-10-17/h5-10,13-14H,11-12H2,1-4H3. The topological polar surface area (TPSA) is 69.5 Å². The molecule has 0 atom stereocenters. The molecule has 31 heavy (non-hydrogen) atoms. The van der Waals surface area contributed by atoms with Crippen LogP contribution >= 0.6 is 11.3 Å². The van der Waals surface area contributed by atoms with Crippen LogP contribution in [0.1, 0.15) is 16.1 Å². The molecule has 3 heterocycles. The third kappa shape index (κ3) is 4.25. The maximum atomic E-state index is 13.4. The highest BCUT2D eigenvalue weighted by atomic mass is 32.1. The predicted octanol–water partition coefficient (Wildman–Crippen LogP) is 4.16. The van der Waals surface area contributed by atoms with Crippen molar-refractivity contribution in [2.24, 2.45) is 7.05 Å². The Morgan fingerprint density at radius 1 is 1.19 bits per heavy atom. The molecule has 160 valence electrons. The van der Waals surface area contributed by atoms with Gasteiger partial charge < -0.3 is 14.4 Å². The largest absolute Gasteiger partial charge is 0.497 e. The van der Waals surface area contributed by atoms with Crippen molar-refractivity contribution >= 4 is 28.3 Å². The Hall–Kier alpha value is -3.39. The highest BCUT2D eigenvalue weighted by Crippen LogP contribution is 2.29. The Labute approximate surface area is 184 Å². The summed E-state index contributed by atoms with van der Waals surface area (Å²) >= 11 is 1.59. The number of nitrogens with zero attached hydrogens (tertiary/aromatic N) is 4. The molecule has 0 bridgehead atoms. The number of ether oxygens (including phenoxy) is 2. The minimum absolute atomic E-state index is 0.0837. The molecule has 0 unspecified atom stereocenters. The van der Waals surface area contributed by atoms with Crippen molar-refractivity contribution in [1.82, 2.24) is 19.7 Å². The number of carbonyl (C=O) groups excluding carboxylic acids is 1. The fourth-order valence-corrected chi connectivity index (χ4v) is 4.13. The lowest BCUT2D eigenvalue weighted by Crippen LogP contribution is -2.31. The van der Waals surface area contributed by atoms with E-state index in [2.05, 4.69) is 5.10 Å². The number of aryl methyl sites for hydroxylation is 2. The summed E-state index contributed by atoms with van der Waals surface area (Å²) in [7, 11) is 5.25. The van der Waals surface area contributed by atoms with Crippen LogP contribution in [0.4, 0.5) is 0 Å². The summed E-state index contributed by atoms with van der Waals surface area (Å²) in [5, 5.41) is 7.27. The van der Waals surface area contributed by atoms with Gasteiger partial charge in [0.2, 0.25) is 0 Å². The highest BCUT2D eigenvalue weighted by Gasteiger charge is 2.22. The van der Waals surface area contributed by atoms with Gasteiger partial charge in [0.25, 0.3) is 5.91 Å². The van der Waals surface area contributed by atoms with Crippen molar-refractivity contribution in [3.63, 3.8) is 0 Å². The summed E-state index contributed by atoms with van der Waals surface area (Å²) in [5.41, 5.74) is 2.87. The molecule has 7 nitrogen and oxygen atoms in total. The Kier molecular flexibility index (Phi) is 5.90. The van der Waals surface area contributed by atoms with Crippen molar-refractivity contribution in [3.05, 3.63) is 59.1 Å². The molecule has 0 spiro atoms. The Bertz CT molecular complexity index is 1200. The molecular formula is C23H24N4O3S. The average molecular weight is 437 g/mol. The average Bonchev–Trinajstić information content (AvgIpc) is 3.41. The van der Waals surface area contributed by atoms with Gasteiger partial charge in [0.15, 0.2) is 5.65 Å². The lowest BCUT2D eigenvalue weighted by atomic mass is 10.1. The quantitative estimate of drug-likeness (QED) is 0.435. The number of benzene rings is 1. The SMILES string of the molecule is COc1ccc(OCCN(C)C(=O)c2cc(-c3cccs3)nc3c2c(C)nn3C)cc1. The van der Waals surface area contributed by atoms with Gasteiger partial charge in [-0.2, -0.15) is 5.10 Å².